The van der Waals surface area contributed by atoms with Gasteiger partial charge in [-0.15, -0.1) is 0 Å². The third-order valence-electron chi connectivity index (χ3n) is 4.44. The number of ether oxygens (including phenoxy) is 1. The summed E-state index contributed by atoms with van der Waals surface area (Å²) in [7, 11) is 0. The molecule has 1 aliphatic rings. The molecule has 0 atom stereocenters. The largest absolute Gasteiger partial charge is 0.484 e. The van der Waals surface area contributed by atoms with Crippen molar-refractivity contribution in [2.45, 2.75) is 19.8 Å². The lowest BCUT2D eigenvalue weighted by molar-refractivity contribution is -0.384. The van der Waals surface area contributed by atoms with Crippen molar-refractivity contribution in [1.82, 2.24) is 5.43 Å². The number of hydrogen-bond donors (Lipinski definition) is 1. The van der Waals surface area contributed by atoms with E-state index in [9.17, 15) is 14.9 Å². The monoisotopic (exact) mass is 382 g/mol. The van der Waals surface area contributed by atoms with E-state index in [0.29, 0.717) is 17.0 Å². The van der Waals surface area contributed by atoms with Crippen LogP contribution in [0.2, 0.25) is 0 Å². The van der Waals surface area contributed by atoms with E-state index in [2.05, 4.69) is 10.5 Å². The number of benzene rings is 2. The first-order valence-corrected chi connectivity index (χ1v) is 9.08. The van der Waals surface area contributed by atoms with Gasteiger partial charge in [-0.2, -0.15) is 5.10 Å². The zero-order chi connectivity index (χ0) is 19.9. The summed E-state index contributed by atoms with van der Waals surface area (Å²) in [5, 5.41) is 15.3. The Morgan fingerprint density at radius 3 is 2.64 bits per heavy atom. The van der Waals surface area contributed by atoms with Crippen LogP contribution in [0.3, 0.4) is 0 Å². The van der Waals surface area contributed by atoms with Gasteiger partial charge in [0, 0.05) is 24.7 Å². The van der Waals surface area contributed by atoms with E-state index in [4.69, 9.17) is 4.74 Å². The molecule has 146 valence electrons. The topological polar surface area (TPSA) is 97.1 Å². The van der Waals surface area contributed by atoms with Crippen molar-refractivity contribution < 1.29 is 14.5 Å². The van der Waals surface area contributed by atoms with Gasteiger partial charge in [0.1, 0.15) is 11.4 Å². The average Bonchev–Trinajstić information content (AvgIpc) is 3.22. The molecule has 0 radical (unpaired) electrons. The summed E-state index contributed by atoms with van der Waals surface area (Å²) in [6, 6.07) is 12.3. The second-order valence-electron chi connectivity index (χ2n) is 6.59. The summed E-state index contributed by atoms with van der Waals surface area (Å²) in [5.74, 6) is 0.179. The van der Waals surface area contributed by atoms with Gasteiger partial charge in [-0.3, -0.25) is 14.9 Å². The minimum atomic E-state index is -0.417. The average molecular weight is 382 g/mol. The van der Waals surface area contributed by atoms with Gasteiger partial charge < -0.3 is 9.64 Å². The van der Waals surface area contributed by atoms with Crippen molar-refractivity contribution in [3.8, 4) is 5.75 Å². The second kappa shape index (κ2) is 8.98. The lowest BCUT2D eigenvalue weighted by Gasteiger charge is -2.17. The molecule has 1 aliphatic heterocycles. The number of hydrogen-bond acceptors (Lipinski definition) is 6. The standard InChI is InChI=1S/C20H22N4O4/c1-15-4-7-17(8-5-15)28-14-20(25)22-21-13-16-6-9-18(19(12-16)24(26)27)23-10-2-3-11-23/h4-9,12-13H,2-3,10-11,14H2,1H3,(H,22,25)/b21-13+. The van der Waals surface area contributed by atoms with Gasteiger partial charge in [0.2, 0.25) is 0 Å². The van der Waals surface area contributed by atoms with E-state index in [0.717, 1.165) is 31.5 Å². The number of nitro benzene ring substituents is 1. The zero-order valence-corrected chi connectivity index (χ0v) is 15.6. The van der Waals surface area contributed by atoms with Crippen LogP contribution < -0.4 is 15.1 Å². The molecule has 8 nitrogen and oxygen atoms in total. The van der Waals surface area contributed by atoms with Gasteiger partial charge in [-0.1, -0.05) is 23.8 Å². The molecule has 1 N–H and O–H groups in total. The smallest absolute Gasteiger partial charge is 0.293 e. The summed E-state index contributed by atoms with van der Waals surface area (Å²) >= 11 is 0. The maximum Gasteiger partial charge on any atom is 0.293 e. The first-order chi connectivity index (χ1) is 13.5. The Balaban J connectivity index is 1.57. The van der Waals surface area contributed by atoms with Gasteiger partial charge in [-0.05, 0) is 38.0 Å². The van der Waals surface area contributed by atoms with E-state index in [1.807, 2.05) is 24.0 Å². The van der Waals surface area contributed by atoms with Crippen molar-refractivity contribution in [1.29, 1.82) is 0 Å². The Morgan fingerprint density at radius 2 is 1.96 bits per heavy atom. The number of nitrogens with one attached hydrogen (secondary N) is 1. The molecular weight excluding hydrogens is 360 g/mol. The molecule has 2 aromatic carbocycles. The number of aryl methyl sites for hydroxylation is 1. The molecule has 1 amide bonds. The zero-order valence-electron chi connectivity index (χ0n) is 15.6. The molecule has 0 bridgehead atoms. The van der Waals surface area contributed by atoms with Gasteiger partial charge in [-0.25, -0.2) is 5.43 Å². The quantitative estimate of drug-likeness (QED) is 0.451. The molecule has 8 heteroatoms. The Morgan fingerprint density at radius 1 is 1.25 bits per heavy atom. The van der Waals surface area contributed by atoms with Crippen LogP contribution in [0.15, 0.2) is 47.6 Å². The number of hydrazone groups is 1. The first kappa shape index (κ1) is 19.3. The third kappa shape index (κ3) is 5.06. The minimum Gasteiger partial charge on any atom is -0.484 e. The number of carbonyl (C=O) groups is 1. The molecule has 1 heterocycles. The lowest BCUT2D eigenvalue weighted by Crippen LogP contribution is -2.24. The molecule has 0 spiro atoms. The summed E-state index contributed by atoms with van der Waals surface area (Å²) in [4.78, 5) is 24.8. The predicted octanol–water partition coefficient (Wildman–Crippen LogP) is 3.03. The van der Waals surface area contributed by atoms with E-state index in [-0.39, 0.29) is 17.2 Å². The summed E-state index contributed by atoms with van der Waals surface area (Å²) in [6.07, 6.45) is 3.46. The number of rotatable bonds is 7. The second-order valence-corrected chi connectivity index (χ2v) is 6.59. The van der Waals surface area contributed by atoms with Gasteiger partial charge in [0.05, 0.1) is 11.1 Å². The van der Waals surface area contributed by atoms with Crippen LogP contribution in [-0.2, 0) is 4.79 Å². The highest BCUT2D eigenvalue weighted by molar-refractivity contribution is 5.85. The maximum atomic E-state index is 11.8. The highest BCUT2D eigenvalue weighted by Gasteiger charge is 2.22. The molecular formula is C20H22N4O4. The fraction of sp³-hybridized carbons (Fsp3) is 0.300. The van der Waals surface area contributed by atoms with Crippen molar-refractivity contribution in [2.75, 3.05) is 24.6 Å². The third-order valence-corrected chi connectivity index (χ3v) is 4.44. The fourth-order valence-corrected chi connectivity index (χ4v) is 2.99. The first-order valence-electron chi connectivity index (χ1n) is 9.08. The van der Waals surface area contributed by atoms with Crippen molar-refractivity contribution in [3.63, 3.8) is 0 Å². The lowest BCUT2D eigenvalue weighted by atomic mass is 10.1. The van der Waals surface area contributed by atoms with Gasteiger partial charge in [0.25, 0.3) is 11.6 Å². The Kier molecular flexibility index (Phi) is 6.21. The molecule has 3 rings (SSSR count). The molecule has 1 fully saturated rings. The number of anilines is 1. The number of amides is 1. The summed E-state index contributed by atoms with van der Waals surface area (Å²) in [5.41, 5.74) is 4.66. The Hall–Kier alpha value is -3.42. The van der Waals surface area contributed by atoms with Gasteiger partial charge in [0.15, 0.2) is 6.61 Å². The molecule has 2 aromatic rings. The molecule has 0 aromatic heterocycles. The predicted molar refractivity (Wildman–Crippen MR) is 107 cm³/mol. The van der Waals surface area contributed by atoms with Crippen LogP contribution in [0.1, 0.15) is 24.0 Å². The van der Waals surface area contributed by atoms with Crippen LogP contribution in [0, 0.1) is 17.0 Å². The highest BCUT2D eigenvalue weighted by atomic mass is 16.6. The Labute approximate surface area is 163 Å². The SMILES string of the molecule is Cc1ccc(OCC(=O)N/N=C/c2ccc(N3CCCC3)c([N+](=O)[O-])c2)cc1. The van der Waals surface area contributed by atoms with E-state index in [1.165, 1.54) is 12.3 Å². The summed E-state index contributed by atoms with van der Waals surface area (Å²) < 4.78 is 5.37. The maximum absolute atomic E-state index is 11.8. The van der Waals surface area contributed by atoms with Crippen molar-refractivity contribution in [2.24, 2.45) is 5.10 Å². The van der Waals surface area contributed by atoms with Gasteiger partial charge >= 0.3 is 0 Å². The number of nitro groups is 1. The van der Waals surface area contributed by atoms with Crippen LogP contribution in [0.4, 0.5) is 11.4 Å². The fourth-order valence-electron chi connectivity index (χ4n) is 2.99. The molecule has 28 heavy (non-hydrogen) atoms. The normalized spacial score (nSPS) is 13.7. The van der Waals surface area contributed by atoms with E-state index < -0.39 is 5.91 Å². The molecule has 1 saturated heterocycles. The molecule has 0 saturated carbocycles. The van der Waals surface area contributed by atoms with E-state index >= 15 is 0 Å². The van der Waals surface area contributed by atoms with Crippen LogP contribution in [0.25, 0.3) is 0 Å². The summed E-state index contributed by atoms with van der Waals surface area (Å²) in [6.45, 7) is 3.44. The highest BCUT2D eigenvalue weighted by Crippen LogP contribution is 2.31. The van der Waals surface area contributed by atoms with Crippen LogP contribution >= 0.6 is 0 Å². The van der Waals surface area contributed by atoms with Crippen molar-refractivity contribution in [3.05, 3.63) is 63.7 Å². The number of carbonyl (C=O) groups excluding carboxylic acids is 1. The van der Waals surface area contributed by atoms with Crippen LogP contribution in [-0.4, -0.2) is 36.7 Å². The number of nitrogens with zero attached hydrogens (tertiary/aromatic N) is 3. The minimum absolute atomic E-state index is 0.0416. The van der Waals surface area contributed by atoms with Crippen LogP contribution in [0.5, 0.6) is 5.75 Å². The van der Waals surface area contributed by atoms with Crippen molar-refractivity contribution >= 4 is 23.5 Å². The molecule has 0 aliphatic carbocycles. The molecule has 0 unspecified atom stereocenters. The van der Waals surface area contributed by atoms with E-state index in [1.54, 1.807) is 24.3 Å². The Bertz CT molecular complexity index is 874.